The van der Waals surface area contributed by atoms with E-state index >= 15 is 0 Å². The van der Waals surface area contributed by atoms with Crippen LogP contribution in [-0.4, -0.2) is 5.11 Å². The molecule has 0 amide bonds. The molecule has 0 heterocycles. The minimum absolute atomic E-state index is 0.0654. The van der Waals surface area contributed by atoms with Gasteiger partial charge in [0.2, 0.25) is 0 Å². The van der Waals surface area contributed by atoms with Crippen LogP contribution in [0.15, 0.2) is 21.8 Å². The molecule has 1 aromatic carbocycles. The van der Waals surface area contributed by atoms with Gasteiger partial charge in [0.05, 0.1) is 4.47 Å². The monoisotopic (exact) mass is 235 g/mol. The quantitative estimate of drug-likeness (QED) is 0.761. The van der Waals surface area contributed by atoms with E-state index in [2.05, 4.69) is 21.1 Å². The van der Waals surface area contributed by atoms with E-state index in [9.17, 15) is 4.91 Å². The highest BCUT2D eigenvalue weighted by Gasteiger charge is 2.06. The van der Waals surface area contributed by atoms with E-state index in [0.717, 1.165) is 0 Å². The average molecular weight is 236 g/mol. The van der Waals surface area contributed by atoms with E-state index in [1.807, 2.05) is 0 Å². The number of nitrogens with zero attached hydrogens (tertiary/aromatic N) is 1. The van der Waals surface area contributed by atoms with Crippen molar-refractivity contribution in [2.75, 3.05) is 0 Å². The van der Waals surface area contributed by atoms with Crippen LogP contribution in [0.5, 0.6) is 5.75 Å². The van der Waals surface area contributed by atoms with Crippen molar-refractivity contribution in [1.82, 2.24) is 0 Å². The fraction of sp³-hybridized carbons (Fsp3) is 0. The summed E-state index contributed by atoms with van der Waals surface area (Å²) in [6, 6.07) is 2.76. The number of rotatable bonds is 1. The molecule has 58 valence electrons. The van der Waals surface area contributed by atoms with Gasteiger partial charge in [0, 0.05) is 5.02 Å². The van der Waals surface area contributed by atoms with Gasteiger partial charge in [0.15, 0.2) is 11.4 Å². The zero-order chi connectivity index (χ0) is 8.43. The molecule has 1 aromatic rings. The Kier molecular flexibility index (Phi) is 2.46. The predicted molar refractivity (Wildman–Crippen MR) is 46.3 cm³/mol. The maximum Gasteiger partial charge on any atom is 0.159 e. The second-order valence-electron chi connectivity index (χ2n) is 1.85. The third-order valence-corrected chi connectivity index (χ3v) is 1.93. The van der Waals surface area contributed by atoms with Gasteiger partial charge in [0.25, 0.3) is 0 Å². The molecule has 0 unspecified atom stereocenters. The lowest BCUT2D eigenvalue weighted by Gasteiger charge is -1.98. The van der Waals surface area contributed by atoms with Crippen LogP contribution in [0.4, 0.5) is 5.69 Å². The van der Waals surface area contributed by atoms with Gasteiger partial charge < -0.3 is 5.11 Å². The summed E-state index contributed by atoms with van der Waals surface area (Å²) in [5.74, 6) is -0.190. The van der Waals surface area contributed by atoms with Gasteiger partial charge in [-0.1, -0.05) is 11.6 Å². The normalized spacial score (nSPS) is 9.64. The van der Waals surface area contributed by atoms with Crippen molar-refractivity contribution < 1.29 is 5.11 Å². The van der Waals surface area contributed by atoms with Crippen molar-refractivity contribution >= 4 is 33.2 Å². The van der Waals surface area contributed by atoms with Gasteiger partial charge in [-0.15, -0.1) is 4.91 Å². The molecule has 1 N–H and O–H groups in total. The summed E-state index contributed by atoms with van der Waals surface area (Å²) in [6.07, 6.45) is 0. The van der Waals surface area contributed by atoms with Crippen LogP contribution in [0.2, 0.25) is 5.02 Å². The van der Waals surface area contributed by atoms with Crippen molar-refractivity contribution in [3.8, 4) is 5.75 Å². The maximum absolute atomic E-state index is 10.0. The molecular formula is C6H3BrClNO2. The number of benzene rings is 1. The standard InChI is InChI=1S/C6H3BrClNO2/c7-4-1-3(8)2-5(9-11)6(4)10/h1-2,10H. The van der Waals surface area contributed by atoms with Crippen LogP contribution in [0, 0.1) is 4.91 Å². The number of hydrogen-bond donors (Lipinski definition) is 1. The van der Waals surface area contributed by atoms with E-state index in [4.69, 9.17) is 16.7 Å². The molecule has 0 aliphatic rings. The van der Waals surface area contributed by atoms with Crippen molar-refractivity contribution in [2.45, 2.75) is 0 Å². The molecule has 0 bridgehead atoms. The molecule has 11 heavy (non-hydrogen) atoms. The van der Waals surface area contributed by atoms with Crippen molar-refractivity contribution in [3.05, 3.63) is 26.5 Å². The summed E-state index contributed by atoms with van der Waals surface area (Å²) in [4.78, 5) is 10.0. The lowest BCUT2D eigenvalue weighted by molar-refractivity contribution is 0.473. The summed E-state index contributed by atoms with van der Waals surface area (Å²) in [5.41, 5.74) is -0.0654. The molecule has 0 aromatic heterocycles. The number of phenolic OH excluding ortho intramolecular Hbond substituents is 1. The minimum atomic E-state index is -0.190. The van der Waals surface area contributed by atoms with Crippen molar-refractivity contribution in [3.63, 3.8) is 0 Å². The van der Waals surface area contributed by atoms with E-state index in [1.165, 1.54) is 12.1 Å². The van der Waals surface area contributed by atoms with Gasteiger partial charge >= 0.3 is 0 Å². The Hall–Kier alpha value is -0.610. The summed E-state index contributed by atoms with van der Waals surface area (Å²) in [5, 5.41) is 12.1. The molecule has 0 aliphatic carbocycles. The highest BCUT2D eigenvalue weighted by Crippen LogP contribution is 2.36. The smallest absolute Gasteiger partial charge is 0.159 e. The molecule has 0 fully saturated rings. The zero-order valence-electron chi connectivity index (χ0n) is 5.21. The van der Waals surface area contributed by atoms with Crippen LogP contribution in [-0.2, 0) is 0 Å². The zero-order valence-corrected chi connectivity index (χ0v) is 7.56. The molecule has 1 rings (SSSR count). The van der Waals surface area contributed by atoms with E-state index in [-0.39, 0.29) is 11.4 Å². The molecular weight excluding hydrogens is 233 g/mol. The van der Waals surface area contributed by atoms with E-state index in [1.54, 1.807) is 0 Å². The third-order valence-electron chi connectivity index (χ3n) is 1.11. The summed E-state index contributed by atoms with van der Waals surface area (Å²) < 4.78 is 0.361. The lowest BCUT2D eigenvalue weighted by atomic mass is 10.3. The molecule has 5 heteroatoms. The molecule has 0 radical (unpaired) electrons. The predicted octanol–water partition coefficient (Wildman–Crippen LogP) is 3.21. The van der Waals surface area contributed by atoms with Gasteiger partial charge in [0.1, 0.15) is 0 Å². The van der Waals surface area contributed by atoms with E-state index in [0.29, 0.717) is 9.50 Å². The van der Waals surface area contributed by atoms with E-state index < -0.39 is 0 Å². The summed E-state index contributed by atoms with van der Waals surface area (Å²) >= 11 is 8.57. The Labute approximate surface area is 76.1 Å². The van der Waals surface area contributed by atoms with Crippen LogP contribution in [0.3, 0.4) is 0 Å². The van der Waals surface area contributed by atoms with Crippen LogP contribution < -0.4 is 0 Å². The summed E-state index contributed by atoms with van der Waals surface area (Å²) in [6.45, 7) is 0. The van der Waals surface area contributed by atoms with Crippen molar-refractivity contribution in [2.24, 2.45) is 5.18 Å². The number of phenols is 1. The molecule has 0 atom stereocenters. The highest BCUT2D eigenvalue weighted by molar-refractivity contribution is 9.10. The molecule has 0 saturated heterocycles. The second-order valence-corrected chi connectivity index (χ2v) is 3.14. The first-order chi connectivity index (χ1) is 5.15. The van der Waals surface area contributed by atoms with Crippen LogP contribution in [0.25, 0.3) is 0 Å². The number of halogens is 2. The lowest BCUT2D eigenvalue weighted by Crippen LogP contribution is -1.71. The molecule has 0 aliphatic heterocycles. The Morgan fingerprint density at radius 2 is 2.18 bits per heavy atom. The fourth-order valence-corrected chi connectivity index (χ4v) is 1.42. The van der Waals surface area contributed by atoms with Gasteiger partial charge in [-0.2, -0.15) is 0 Å². The van der Waals surface area contributed by atoms with Gasteiger partial charge in [-0.05, 0) is 33.2 Å². The first-order valence-electron chi connectivity index (χ1n) is 2.66. The van der Waals surface area contributed by atoms with Gasteiger partial charge in [-0.25, -0.2) is 0 Å². The average Bonchev–Trinajstić information content (AvgIpc) is 1.96. The van der Waals surface area contributed by atoms with Crippen LogP contribution >= 0.6 is 27.5 Å². The Bertz CT molecular complexity index is 303. The fourth-order valence-electron chi connectivity index (χ4n) is 0.622. The topological polar surface area (TPSA) is 49.7 Å². The number of nitroso groups, excluding NO2 is 1. The third kappa shape index (κ3) is 1.70. The minimum Gasteiger partial charge on any atom is -0.504 e. The summed E-state index contributed by atoms with van der Waals surface area (Å²) in [7, 11) is 0. The number of hydrogen-bond acceptors (Lipinski definition) is 3. The Morgan fingerprint density at radius 1 is 1.55 bits per heavy atom. The van der Waals surface area contributed by atoms with Crippen LogP contribution in [0.1, 0.15) is 0 Å². The highest BCUT2D eigenvalue weighted by atomic mass is 79.9. The second kappa shape index (κ2) is 3.19. The molecule has 3 nitrogen and oxygen atoms in total. The van der Waals surface area contributed by atoms with Crippen molar-refractivity contribution in [1.29, 1.82) is 0 Å². The first-order valence-corrected chi connectivity index (χ1v) is 3.83. The van der Waals surface area contributed by atoms with Gasteiger partial charge in [-0.3, -0.25) is 0 Å². The SMILES string of the molecule is O=Nc1cc(Cl)cc(Br)c1O. The first kappa shape index (κ1) is 8.49. The number of aromatic hydroxyl groups is 1. The maximum atomic E-state index is 10.0. The largest absolute Gasteiger partial charge is 0.504 e. The molecule has 0 spiro atoms. The Morgan fingerprint density at radius 3 is 2.73 bits per heavy atom. The Balaban J connectivity index is 3.35. The molecule has 0 saturated carbocycles.